The molecule has 2 unspecified atom stereocenters. The Hall–Kier alpha value is -4.84. The Labute approximate surface area is 241 Å². The number of rotatable bonds is 7. The zero-order valence-corrected chi connectivity index (χ0v) is 23.4. The fraction of sp³-hybridized carbons (Fsp3) is 0.333. The molecule has 3 N–H and O–H groups in total. The molecule has 7 rings (SSSR count). The van der Waals surface area contributed by atoms with E-state index < -0.39 is 0 Å². The molecule has 4 aromatic heterocycles. The normalized spacial score (nSPS) is 19.9. The average Bonchev–Trinajstić information content (AvgIpc) is 3.77. The van der Waals surface area contributed by atoms with Gasteiger partial charge in [-0.1, -0.05) is 6.07 Å². The molecule has 2 saturated heterocycles. The van der Waals surface area contributed by atoms with Crippen LogP contribution in [0.15, 0.2) is 55.1 Å². The molecule has 2 aliphatic rings. The van der Waals surface area contributed by atoms with Crippen molar-refractivity contribution in [1.29, 1.82) is 0 Å². The van der Waals surface area contributed by atoms with Gasteiger partial charge in [0.15, 0.2) is 5.65 Å². The number of aromatic amines is 1. The third-order valence-electron chi connectivity index (χ3n) is 8.54. The number of carbonyl (C=O) groups excluding carboxylic acids is 1. The number of carbonyl (C=O) groups is 1. The second-order valence-electron chi connectivity index (χ2n) is 10.8. The summed E-state index contributed by atoms with van der Waals surface area (Å²) >= 11 is 0. The molecule has 12 heteroatoms. The maximum absolute atomic E-state index is 13.2. The molecule has 2 aliphatic heterocycles. The Balaban J connectivity index is 1.22. The second kappa shape index (κ2) is 10.5. The number of hydrogen-bond donors (Lipinski definition) is 2. The first-order chi connectivity index (χ1) is 20.6. The molecule has 0 aliphatic carbocycles. The zero-order chi connectivity index (χ0) is 28.8. The molecule has 0 saturated carbocycles. The maximum Gasteiger partial charge on any atom is 0.291 e. The number of anilines is 1. The summed E-state index contributed by atoms with van der Waals surface area (Å²) in [6.45, 7) is 0.323. The molecule has 6 heterocycles. The number of nitrogens with one attached hydrogen (secondary N) is 1. The van der Waals surface area contributed by atoms with Crippen molar-refractivity contribution in [2.75, 3.05) is 20.0 Å². The molecule has 12 nitrogen and oxygen atoms in total. The third kappa shape index (κ3) is 4.35. The number of nitrogens with two attached hydrogens (primary N) is 1. The first kappa shape index (κ1) is 26.1. The van der Waals surface area contributed by atoms with Gasteiger partial charge in [0, 0.05) is 53.6 Å². The quantitative estimate of drug-likeness (QED) is 0.300. The van der Waals surface area contributed by atoms with Crippen molar-refractivity contribution in [2.24, 2.45) is 0 Å². The van der Waals surface area contributed by atoms with E-state index >= 15 is 0 Å². The van der Waals surface area contributed by atoms with E-state index in [1.807, 2.05) is 47.5 Å². The van der Waals surface area contributed by atoms with Gasteiger partial charge in [0.25, 0.3) is 5.91 Å². The summed E-state index contributed by atoms with van der Waals surface area (Å²) in [5.74, 6) is 1.62. The summed E-state index contributed by atoms with van der Waals surface area (Å²) in [4.78, 5) is 29.2. The van der Waals surface area contributed by atoms with E-state index in [1.165, 1.54) is 6.33 Å². The number of ether oxygens (including phenoxy) is 2. The van der Waals surface area contributed by atoms with Crippen molar-refractivity contribution in [3.63, 3.8) is 0 Å². The molecule has 1 amide bonds. The Bertz CT molecular complexity index is 1720. The molecule has 5 aromatic rings. The van der Waals surface area contributed by atoms with E-state index in [4.69, 9.17) is 25.2 Å². The first-order valence-corrected chi connectivity index (χ1v) is 14.0. The van der Waals surface area contributed by atoms with Crippen molar-refractivity contribution >= 4 is 17.4 Å². The van der Waals surface area contributed by atoms with E-state index in [2.05, 4.69) is 20.3 Å². The monoisotopic (exact) mass is 565 g/mol. The molecule has 214 valence electrons. The molecule has 0 radical (unpaired) electrons. The van der Waals surface area contributed by atoms with Crippen LogP contribution in [0.1, 0.15) is 53.5 Å². The number of hydrogen-bond acceptors (Lipinski definition) is 9. The van der Waals surface area contributed by atoms with Crippen molar-refractivity contribution in [3.05, 3.63) is 72.2 Å². The molecule has 2 atom stereocenters. The average molecular weight is 566 g/mol. The van der Waals surface area contributed by atoms with Crippen molar-refractivity contribution in [3.8, 4) is 28.1 Å². The second-order valence-corrected chi connectivity index (χ2v) is 10.8. The van der Waals surface area contributed by atoms with E-state index in [9.17, 15) is 4.79 Å². The van der Waals surface area contributed by atoms with Crippen LogP contribution in [-0.4, -0.2) is 71.9 Å². The minimum absolute atomic E-state index is 0.0952. The Kier molecular flexibility index (Phi) is 6.54. The van der Waals surface area contributed by atoms with Crippen molar-refractivity contribution in [1.82, 2.24) is 39.7 Å². The number of piperidine rings is 1. The van der Waals surface area contributed by atoms with Gasteiger partial charge in [0.1, 0.15) is 17.9 Å². The zero-order valence-electron chi connectivity index (χ0n) is 23.4. The number of nitrogen functional groups attached to an aromatic ring is 1. The maximum atomic E-state index is 13.2. The fourth-order valence-electron chi connectivity index (χ4n) is 6.55. The van der Waals surface area contributed by atoms with Crippen LogP contribution in [-0.2, 0) is 11.3 Å². The summed E-state index contributed by atoms with van der Waals surface area (Å²) in [6, 6.07) is 12.0. The highest BCUT2D eigenvalue weighted by atomic mass is 16.5. The Morgan fingerprint density at radius 2 is 1.79 bits per heavy atom. The van der Waals surface area contributed by atoms with Gasteiger partial charge in [-0.25, -0.2) is 9.97 Å². The van der Waals surface area contributed by atoms with E-state index in [0.29, 0.717) is 18.1 Å². The lowest BCUT2D eigenvalue weighted by atomic mass is 9.86. The van der Waals surface area contributed by atoms with Crippen LogP contribution in [0.4, 0.5) is 5.82 Å². The molecule has 1 aromatic carbocycles. The Morgan fingerprint density at radius 1 is 1.02 bits per heavy atom. The highest BCUT2D eigenvalue weighted by Crippen LogP contribution is 2.45. The number of pyridine rings is 1. The number of benzene rings is 1. The van der Waals surface area contributed by atoms with Crippen LogP contribution in [0.5, 0.6) is 5.75 Å². The summed E-state index contributed by atoms with van der Waals surface area (Å²) in [5, 5.41) is 11.2. The highest BCUT2D eigenvalue weighted by molar-refractivity contribution is 5.91. The van der Waals surface area contributed by atoms with E-state index in [-0.39, 0.29) is 29.7 Å². The van der Waals surface area contributed by atoms with E-state index in [0.717, 1.165) is 65.1 Å². The minimum atomic E-state index is -0.0952. The SMILES string of the molecule is COCc1c(C2CC3CCC(C2)N3C(=O)c2ncn[nH]2)nc2c(-c3ccc(-c4ccc(OC)cc4)nc3)cnn2c1N. The predicted octanol–water partition coefficient (Wildman–Crippen LogP) is 3.86. The number of fused-ring (bicyclic) bond motifs is 3. The van der Waals surface area contributed by atoms with Gasteiger partial charge in [-0.15, -0.1) is 0 Å². The number of methoxy groups -OCH3 is 2. The predicted molar refractivity (Wildman–Crippen MR) is 155 cm³/mol. The van der Waals surface area contributed by atoms with Gasteiger partial charge in [0.2, 0.25) is 5.82 Å². The van der Waals surface area contributed by atoms with Gasteiger partial charge < -0.3 is 20.1 Å². The largest absolute Gasteiger partial charge is 0.497 e. The number of H-pyrrole nitrogens is 1. The van der Waals surface area contributed by atoms with E-state index in [1.54, 1.807) is 24.9 Å². The number of nitrogens with zero attached hydrogens (tertiary/aromatic N) is 7. The summed E-state index contributed by atoms with van der Waals surface area (Å²) < 4.78 is 12.5. The van der Waals surface area contributed by atoms with Crippen molar-refractivity contribution in [2.45, 2.75) is 50.3 Å². The Morgan fingerprint density at radius 3 is 2.43 bits per heavy atom. The van der Waals surface area contributed by atoms with Crippen LogP contribution in [0, 0.1) is 0 Å². The van der Waals surface area contributed by atoms with Crippen LogP contribution in [0.2, 0.25) is 0 Å². The lowest BCUT2D eigenvalue weighted by Crippen LogP contribution is -2.46. The lowest BCUT2D eigenvalue weighted by Gasteiger charge is -2.38. The van der Waals surface area contributed by atoms with Gasteiger partial charge in [0.05, 0.1) is 31.3 Å². The van der Waals surface area contributed by atoms with Gasteiger partial charge in [-0.2, -0.15) is 14.7 Å². The standard InChI is InChI=1S/C30H31N9O3/c1-41-15-24-26(19-11-20-6-7-21(12-19)38(20)30(40)28-33-16-34-37-28)36-29-23(14-35-39(29)27(24)31)18-5-10-25(32-13-18)17-3-8-22(42-2)9-4-17/h3-5,8-10,13-14,16,19-21H,6-7,11-12,15,31H2,1-2H3,(H,33,34,37). The molecule has 42 heavy (non-hydrogen) atoms. The first-order valence-electron chi connectivity index (χ1n) is 14.0. The number of aromatic nitrogens is 7. The topological polar surface area (TPSA) is 149 Å². The van der Waals surface area contributed by atoms with Gasteiger partial charge >= 0.3 is 0 Å². The highest BCUT2D eigenvalue weighted by Gasteiger charge is 2.45. The van der Waals surface area contributed by atoms with Crippen LogP contribution >= 0.6 is 0 Å². The summed E-state index contributed by atoms with van der Waals surface area (Å²) in [6.07, 6.45) is 8.46. The molecule has 2 bridgehead atoms. The third-order valence-corrected chi connectivity index (χ3v) is 8.54. The lowest BCUT2D eigenvalue weighted by molar-refractivity contribution is 0.0556. The number of amides is 1. The summed E-state index contributed by atoms with van der Waals surface area (Å²) in [7, 11) is 3.30. The molecule has 2 fully saturated rings. The van der Waals surface area contributed by atoms with Gasteiger partial charge in [-0.3, -0.25) is 14.9 Å². The molecular formula is C30H31N9O3. The van der Waals surface area contributed by atoms with Crippen molar-refractivity contribution < 1.29 is 14.3 Å². The fourth-order valence-corrected chi connectivity index (χ4v) is 6.55. The van der Waals surface area contributed by atoms with Crippen LogP contribution in [0.25, 0.3) is 28.0 Å². The van der Waals surface area contributed by atoms with Crippen LogP contribution < -0.4 is 10.5 Å². The molecule has 0 spiro atoms. The minimum Gasteiger partial charge on any atom is -0.497 e. The molecular weight excluding hydrogens is 534 g/mol. The van der Waals surface area contributed by atoms with Crippen LogP contribution in [0.3, 0.4) is 0 Å². The smallest absolute Gasteiger partial charge is 0.291 e. The summed E-state index contributed by atoms with van der Waals surface area (Å²) in [5.41, 5.74) is 12.8. The van der Waals surface area contributed by atoms with Gasteiger partial charge in [-0.05, 0) is 56.0 Å².